The van der Waals surface area contributed by atoms with Crippen LogP contribution in [0.1, 0.15) is 19.4 Å². The van der Waals surface area contributed by atoms with Crippen LogP contribution in [0, 0.1) is 0 Å². The second kappa shape index (κ2) is 10.6. The van der Waals surface area contributed by atoms with E-state index in [1.807, 2.05) is 6.07 Å². The van der Waals surface area contributed by atoms with Gasteiger partial charge in [-0.2, -0.15) is 0 Å². The highest BCUT2D eigenvalue weighted by Crippen LogP contribution is 2.50. The summed E-state index contributed by atoms with van der Waals surface area (Å²) in [6.07, 6.45) is -2.86. The van der Waals surface area contributed by atoms with Crippen LogP contribution in [-0.4, -0.2) is 86.0 Å². The molecule has 2 fully saturated rings. The van der Waals surface area contributed by atoms with Crippen LogP contribution in [0.15, 0.2) is 30.3 Å². The monoisotopic (exact) mass is 512 g/mol. The molecule has 2 aliphatic heterocycles. The summed E-state index contributed by atoms with van der Waals surface area (Å²) in [5.74, 6) is -3.59. The number of benzene rings is 1. The molecule has 1 spiro atoms. The maximum Gasteiger partial charge on any atom is 0.346 e. The van der Waals surface area contributed by atoms with E-state index in [2.05, 4.69) is 19.6 Å². The van der Waals surface area contributed by atoms with Crippen molar-refractivity contribution in [3.8, 4) is 0 Å². The molecular formula is C24H36O10Si. The average molecular weight is 513 g/mol. The van der Waals surface area contributed by atoms with Gasteiger partial charge in [-0.25, -0.2) is 9.59 Å². The highest BCUT2D eigenvalue weighted by Gasteiger charge is 2.80. The first-order valence-corrected chi connectivity index (χ1v) is 15.4. The summed E-state index contributed by atoms with van der Waals surface area (Å²) < 4.78 is 33.5. The lowest BCUT2D eigenvalue weighted by Gasteiger charge is -2.36. The molecule has 11 heteroatoms. The lowest BCUT2D eigenvalue weighted by atomic mass is 9.77. The topological polar surface area (TPSA) is 130 Å². The van der Waals surface area contributed by atoms with E-state index < -0.39 is 55.8 Å². The Morgan fingerprint density at radius 1 is 1.11 bits per heavy atom. The van der Waals surface area contributed by atoms with E-state index in [1.54, 1.807) is 24.3 Å². The number of aliphatic hydroxyl groups excluding tert-OH is 1. The van der Waals surface area contributed by atoms with E-state index in [1.165, 1.54) is 13.8 Å². The Hall–Kier alpha value is -1.86. The van der Waals surface area contributed by atoms with Crippen LogP contribution in [0.2, 0.25) is 25.7 Å². The Bertz CT molecular complexity index is 886. The van der Waals surface area contributed by atoms with Crippen LogP contribution in [0.3, 0.4) is 0 Å². The molecule has 1 aromatic carbocycles. The van der Waals surface area contributed by atoms with Gasteiger partial charge >= 0.3 is 11.9 Å². The average Bonchev–Trinajstić information content (AvgIpc) is 3.20. The number of cyclic esters (lactones) is 1. The fourth-order valence-corrected chi connectivity index (χ4v) is 4.94. The van der Waals surface area contributed by atoms with Gasteiger partial charge in [0.25, 0.3) is 0 Å². The third-order valence-electron chi connectivity index (χ3n) is 5.99. The van der Waals surface area contributed by atoms with Crippen LogP contribution < -0.4 is 0 Å². The highest BCUT2D eigenvalue weighted by molar-refractivity contribution is 6.76. The molecule has 0 aromatic heterocycles. The van der Waals surface area contributed by atoms with Crippen molar-refractivity contribution in [2.75, 3.05) is 26.6 Å². The van der Waals surface area contributed by atoms with E-state index in [4.69, 9.17) is 28.4 Å². The van der Waals surface area contributed by atoms with E-state index in [9.17, 15) is 19.8 Å². The van der Waals surface area contributed by atoms with Crippen LogP contribution >= 0.6 is 0 Å². The molecule has 2 aliphatic rings. The molecule has 2 saturated heterocycles. The Morgan fingerprint density at radius 2 is 1.80 bits per heavy atom. The summed E-state index contributed by atoms with van der Waals surface area (Å²) >= 11 is 0. The Balaban J connectivity index is 1.79. The summed E-state index contributed by atoms with van der Waals surface area (Å²) in [7, 11) is -1.27. The number of aliphatic hydroxyl groups is 2. The fraction of sp³-hybridized carbons (Fsp3) is 0.667. The van der Waals surface area contributed by atoms with Crippen molar-refractivity contribution in [1.82, 2.24) is 0 Å². The summed E-state index contributed by atoms with van der Waals surface area (Å²) in [4.78, 5) is 26.4. The normalized spacial score (nSPS) is 30.0. The van der Waals surface area contributed by atoms with Gasteiger partial charge in [0.2, 0.25) is 11.2 Å². The van der Waals surface area contributed by atoms with Gasteiger partial charge in [0.05, 0.1) is 13.2 Å². The first-order chi connectivity index (χ1) is 16.4. The number of hydrogen-bond acceptors (Lipinski definition) is 10. The minimum absolute atomic E-state index is 0.0732. The van der Waals surface area contributed by atoms with Crippen molar-refractivity contribution in [2.45, 2.75) is 75.3 Å². The molecule has 0 amide bonds. The Kier molecular flexibility index (Phi) is 8.42. The van der Waals surface area contributed by atoms with Crippen LogP contribution in [0.25, 0.3) is 0 Å². The number of carbonyl (C=O) groups is 2. The largest absolute Gasteiger partial charge is 0.458 e. The molecule has 2 N–H and O–H groups in total. The van der Waals surface area contributed by atoms with Gasteiger partial charge in [-0.15, -0.1) is 0 Å². The first kappa shape index (κ1) is 27.7. The third-order valence-corrected chi connectivity index (χ3v) is 7.70. The number of rotatable bonds is 11. The first-order valence-electron chi connectivity index (χ1n) is 11.6. The number of ether oxygens (including phenoxy) is 6. The lowest BCUT2D eigenvalue weighted by molar-refractivity contribution is -0.220. The van der Waals surface area contributed by atoms with Crippen molar-refractivity contribution in [1.29, 1.82) is 0 Å². The van der Waals surface area contributed by atoms with Gasteiger partial charge in [0.15, 0.2) is 11.9 Å². The highest BCUT2D eigenvalue weighted by atomic mass is 28.3. The number of carbonyl (C=O) groups excluding carboxylic acids is 2. The number of esters is 2. The maximum atomic E-state index is 13.3. The predicted molar refractivity (Wildman–Crippen MR) is 126 cm³/mol. The van der Waals surface area contributed by atoms with Gasteiger partial charge in [-0.1, -0.05) is 50.0 Å². The Labute approximate surface area is 206 Å². The molecule has 10 nitrogen and oxygen atoms in total. The van der Waals surface area contributed by atoms with Crippen LogP contribution in [-0.2, 0) is 44.6 Å². The minimum Gasteiger partial charge on any atom is -0.458 e. The predicted octanol–water partition coefficient (Wildman–Crippen LogP) is 1.60. The number of hydrogen-bond donors (Lipinski definition) is 2. The molecule has 0 saturated carbocycles. The molecule has 0 radical (unpaired) electrons. The van der Waals surface area contributed by atoms with Crippen molar-refractivity contribution in [3.63, 3.8) is 0 Å². The quantitative estimate of drug-likeness (QED) is 0.195. The molecular weight excluding hydrogens is 476 g/mol. The van der Waals surface area contributed by atoms with Gasteiger partial charge in [-0.3, -0.25) is 0 Å². The lowest BCUT2D eigenvalue weighted by Crippen LogP contribution is -2.69. The van der Waals surface area contributed by atoms with E-state index in [-0.39, 0.29) is 20.0 Å². The zero-order valence-electron chi connectivity index (χ0n) is 20.9. The van der Waals surface area contributed by atoms with Crippen molar-refractivity contribution in [3.05, 3.63) is 35.9 Å². The second-order valence-corrected chi connectivity index (χ2v) is 16.1. The van der Waals surface area contributed by atoms with E-state index in [0.29, 0.717) is 12.2 Å². The van der Waals surface area contributed by atoms with E-state index in [0.717, 1.165) is 6.04 Å². The molecule has 3 rings (SSSR count). The fourth-order valence-electron chi connectivity index (χ4n) is 4.18. The van der Waals surface area contributed by atoms with Crippen LogP contribution in [0.4, 0.5) is 0 Å². The summed E-state index contributed by atoms with van der Waals surface area (Å²) in [5.41, 5.74) is -4.33. The molecule has 0 aliphatic carbocycles. The minimum atomic E-state index is -2.69. The second-order valence-electron chi connectivity index (χ2n) is 10.5. The zero-order valence-corrected chi connectivity index (χ0v) is 21.9. The SMILES string of the molecule is CC1(C)O[C@H](COCOCC[Si](C)(C)C)[C@]2(O1)C(=O)O[C@H](CO)[C@@]2(O)C(=O)OCc1ccccc1. The Morgan fingerprint density at radius 3 is 2.43 bits per heavy atom. The molecule has 35 heavy (non-hydrogen) atoms. The zero-order chi connectivity index (χ0) is 25.9. The summed E-state index contributed by atoms with van der Waals surface area (Å²) in [6, 6.07) is 9.79. The van der Waals surface area contributed by atoms with Gasteiger partial charge in [-0.05, 0) is 25.5 Å². The van der Waals surface area contributed by atoms with Crippen molar-refractivity contribution >= 4 is 20.0 Å². The molecule has 2 heterocycles. The summed E-state index contributed by atoms with van der Waals surface area (Å²) in [5, 5.41) is 21.5. The molecule has 196 valence electrons. The smallest absolute Gasteiger partial charge is 0.346 e. The van der Waals surface area contributed by atoms with Gasteiger partial charge in [0.1, 0.15) is 19.5 Å². The summed E-state index contributed by atoms with van der Waals surface area (Å²) in [6.45, 7) is 8.98. The van der Waals surface area contributed by atoms with Crippen LogP contribution in [0.5, 0.6) is 0 Å². The molecule has 0 unspecified atom stereocenters. The molecule has 4 atom stereocenters. The van der Waals surface area contributed by atoms with Gasteiger partial charge < -0.3 is 38.6 Å². The standard InChI is InChI=1S/C24H36O10Si/c1-22(2)33-19(15-30-16-29-11-12-35(3,4)5)24(34-22)21(27)32-18(13-25)23(24,28)20(26)31-14-17-9-7-6-8-10-17/h6-10,18-19,25,28H,11-16H2,1-5H3/t18-,19-,23-,24+/m1/s1. The van der Waals surface area contributed by atoms with Crippen molar-refractivity contribution < 1.29 is 48.2 Å². The molecule has 1 aromatic rings. The molecule has 0 bridgehead atoms. The van der Waals surface area contributed by atoms with Crippen molar-refractivity contribution in [2.24, 2.45) is 0 Å². The third kappa shape index (κ3) is 5.77. The van der Waals surface area contributed by atoms with Gasteiger partial charge in [0, 0.05) is 14.7 Å². The van der Waals surface area contributed by atoms with E-state index >= 15 is 0 Å². The maximum absolute atomic E-state index is 13.3.